The number of nitrogens with zero attached hydrogens (tertiary/aromatic N) is 1. The zero-order valence-electron chi connectivity index (χ0n) is 6.21. The van der Waals surface area contributed by atoms with Gasteiger partial charge in [0.2, 0.25) is 5.96 Å². The van der Waals surface area contributed by atoms with Crippen LogP contribution >= 0.6 is 7.82 Å². The van der Waals surface area contributed by atoms with Gasteiger partial charge < -0.3 is 17.2 Å². The lowest BCUT2D eigenvalue weighted by molar-refractivity contribution is 0.110. The molecule has 13 heavy (non-hydrogen) atoms. The first-order valence-corrected chi connectivity index (χ1v) is 4.17. The van der Waals surface area contributed by atoms with Crippen LogP contribution in [0.5, 0.6) is 0 Å². The van der Waals surface area contributed by atoms with Crippen molar-refractivity contribution in [2.75, 3.05) is 0 Å². The highest BCUT2D eigenvalue weighted by Gasteiger charge is 2.24. The van der Waals surface area contributed by atoms with Crippen molar-refractivity contribution >= 4 is 19.8 Å². The number of nitrogens with one attached hydrogen (secondary N) is 1. The molecule has 0 aliphatic heterocycles. The summed E-state index contributed by atoms with van der Waals surface area (Å²) >= 11 is 0. The van der Waals surface area contributed by atoms with Crippen molar-refractivity contribution in [2.45, 2.75) is 0 Å². The number of nitrogens with two attached hydrogens (primary N) is 3. The molecule has 0 saturated carbocycles. The molecule has 2 amide bonds. The highest BCUT2D eigenvalue weighted by atomic mass is 31.2. The van der Waals surface area contributed by atoms with E-state index in [0.29, 0.717) is 0 Å². The van der Waals surface area contributed by atoms with Crippen LogP contribution in [0.15, 0.2) is 5.16 Å². The van der Waals surface area contributed by atoms with Gasteiger partial charge in [-0.25, -0.2) is 14.8 Å². The second-order valence-electron chi connectivity index (χ2n) is 1.62. The Morgan fingerprint density at radius 3 is 2.38 bits per heavy atom. The Morgan fingerprint density at radius 1 is 1.46 bits per heavy atom. The second kappa shape index (κ2) is 4.50. The van der Waals surface area contributed by atoms with Crippen LogP contribution in [0.25, 0.3) is 0 Å². The predicted octanol–water partition coefficient (Wildman–Crippen LogP) is -2.11. The van der Waals surface area contributed by atoms with Crippen molar-refractivity contribution < 1.29 is 23.5 Å². The molecule has 0 bridgehead atoms. The number of carbonyl (C=O) groups excluding carboxylic acids is 1. The Balaban J connectivity index is 4.02. The van der Waals surface area contributed by atoms with Gasteiger partial charge >= 0.3 is 13.9 Å². The molecule has 0 aromatic heterocycles. The van der Waals surface area contributed by atoms with Gasteiger partial charge in [0.15, 0.2) is 0 Å². The van der Waals surface area contributed by atoms with E-state index in [2.05, 4.69) is 20.1 Å². The van der Waals surface area contributed by atoms with Crippen molar-refractivity contribution in [3.05, 3.63) is 0 Å². The Kier molecular flexibility index (Phi) is 3.98. The van der Waals surface area contributed by atoms with Crippen molar-refractivity contribution in [3.63, 3.8) is 0 Å². The quantitative estimate of drug-likeness (QED) is 0.153. The largest absolute Gasteiger partial charge is 0.569 e. The number of phosphoric acid groups is 1. The molecule has 0 rings (SSSR count). The minimum Gasteiger partial charge on any atom is -0.367 e. The van der Waals surface area contributed by atoms with E-state index in [-0.39, 0.29) is 0 Å². The molecule has 0 aromatic rings. The number of hydrogen-bond donors (Lipinski definition) is 5. The van der Waals surface area contributed by atoms with Crippen molar-refractivity contribution in [2.24, 2.45) is 22.4 Å². The number of carbonyl (C=O) groups is 1. The number of hydroxylamine groups is 1. The molecule has 0 spiro atoms. The third kappa shape index (κ3) is 6.87. The summed E-state index contributed by atoms with van der Waals surface area (Å²) in [5, 5.41) is 2.72. The Hall–Kier alpha value is -1.51. The highest BCUT2D eigenvalue weighted by molar-refractivity contribution is 7.47. The molecular formula is C2H8N5O5P. The molecule has 76 valence electrons. The number of amides is 2. The van der Waals surface area contributed by atoms with E-state index < -0.39 is 19.8 Å². The zero-order valence-corrected chi connectivity index (χ0v) is 7.10. The number of primary amides is 1. The summed E-state index contributed by atoms with van der Waals surface area (Å²) in [6.07, 6.45) is 0. The molecule has 0 fully saturated rings. The normalized spacial score (nSPS) is 13.9. The van der Waals surface area contributed by atoms with Gasteiger partial charge in [0, 0.05) is 0 Å². The average molecular weight is 213 g/mol. The molecule has 0 heterocycles. The van der Waals surface area contributed by atoms with Crippen LogP contribution in [-0.2, 0) is 13.8 Å². The van der Waals surface area contributed by atoms with E-state index in [9.17, 15) is 9.36 Å². The van der Waals surface area contributed by atoms with Crippen LogP contribution in [0.4, 0.5) is 4.79 Å². The molecule has 0 aliphatic rings. The summed E-state index contributed by atoms with van der Waals surface area (Å²) in [6.45, 7) is 0. The van der Waals surface area contributed by atoms with Gasteiger partial charge in [-0.05, 0) is 5.16 Å². The lowest BCUT2D eigenvalue weighted by Crippen LogP contribution is -2.28. The first-order valence-electron chi connectivity index (χ1n) is 2.68. The summed E-state index contributed by atoms with van der Waals surface area (Å²) in [6, 6.07) is -1.18. The topological polar surface area (TPSA) is 175 Å². The smallest absolute Gasteiger partial charge is 0.367 e. The van der Waals surface area contributed by atoms with Gasteiger partial charge in [-0.2, -0.15) is 4.62 Å². The van der Waals surface area contributed by atoms with Crippen LogP contribution in [0.3, 0.4) is 0 Å². The van der Waals surface area contributed by atoms with E-state index in [1.165, 1.54) is 5.48 Å². The molecule has 11 heteroatoms. The fourth-order valence-electron chi connectivity index (χ4n) is 0.218. The minimum absolute atomic E-state index is 0.586. The number of urea groups is 1. The predicted molar refractivity (Wildman–Crippen MR) is 40.5 cm³/mol. The van der Waals surface area contributed by atoms with E-state index in [0.717, 1.165) is 0 Å². The molecule has 0 radical (unpaired) electrons. The molecule has 0 aliphatic carbocycles. The first-order chi connectivity index (χ1) is 5.83. The van der Waals surface area contributed by atoms with Crippen molar-refractivity contribution in [1.82, 2.24) is 5.48 Å². The summed E-state index contributed by atoms with van der Waals surface area (Å²) in [4.78, 5) is 18.6. The van der Waals surface area contributed by atoms with E-state index in [4.69, 9.17) is 16.4 Å². The second-order valence-corrected chi connectivity index (χ2v) is 2.91. The fraction of sp³-hybridized carbons (Fsp3) is 0. The molecule has 1 unspecified atom stereocenters. The zero-order chi connectivity index (χ0) is 10.5. The van der Waals surface area contributed by atoms with E-state index in [1.807, 2.05) is 0 Å². The summed E-state index contributed by atoms with van der Waals surface area (Å²) in [7, 11) is -4.56. The van der Waals surface area contributed by atoms with E-state index in [1.54, 1.807) is 0 Å². The Morgan fingerprint density at radius 2 is 2.00 bits per heavy atom. The molecular weight excluding hydrogens is 205 g/mol. The van der Waals surface area contributed by atoms with Gasteiger partial charge in [0.1, 0.15) is 0 Å². The fourth-order valence-corrected chi connectivity index (χ4v) is 0.654. The molecule has 1 atom stereocenters. The van der Waals surface area contributed by atoms with Gasteiger partial charge in [-0.15, -0.1) is 0 Å². The van der Waals surface area contributed by atoms with Crippen LogP contribution in [0, 0.1) is 0 Å². The van der Waals surface area contributed by atoms with Gasteiger partial charge in [-0.3, -0.25) is 9.52 Å². The number of hydrogen-bond acceptors (Lipinski definition) is 5. The average Bonchev–Trinajstić information content (AvgIpc) is 1.98. The van der Waals surface area contributed by atoms with Crippen LogP contribution in [0.1, 0.15) is 0 Å². The number of guanidine groups is 1. The van der Waals surface area contributed by atoms with Crippen molar-refractivity contribution in [3.8, 4) is 0 Å². The number of rotatable bonds is 4. The standard InChI is InChI=1S/C2H8N5O5P/c3-1(4)6-11-13(9,10)12-7-2(5)8/h(H,9,10)(H4,3,4,6)(H3,5,7,8). The molecule has 0 aromatic carbocycles. The van der Waals surface area contributed by atoms with Gasteiger partial charge in [0.25, 0.3) is 0 Å². The highest BCUT2D eigenvalue weighted by Crippen LogP contribution is 2.41. The van der Waals surface area contributed by atoms with Crippen LogP contribution in [0.2, 0.25) is 0 Å². The van der Waals surface area contributed by atoms with Crippen LogP contribution in [-0.4, -0.2) is 16.9 Å². The monoisotopic (exact) mass is 213 g/mol. The lowest BCUT2D eigenvalue weighted by Gasteiger charge is -2.06. The van der Waals surface area contributed by atoms with E-state index >= 15 is 0 Å². The number of oxime groups is 1. The van der Waals surface area contributed by atoms with Crippen LogP contribution < -0.4 is 22.7 Å². The Labute approximate surface area is 72.2 Å². The SMILES string of the molecule is NC(=O)NOP(=O)(O)ON=C(N)N. The third-order valence-electron chi connectivity index (χ3n) is 0.511. The van der Waals surface area contributed by atoms with Gasteiger partial charge in [0.05, 0.1) is 0 Å². The molecule has 10 nitrogen and oxygen atoms in total. The Bertz CT molecular complexity index is 260. The summed E-state index contributed by atoms with van der Waals surface area (Å²) in [5.41, 5.74) is 15.4. The molecule has 8 N–H and O–H groups in total. The van der Waals surface area contributed by atoms with Gasteiger partial charge in [-0.1, -0.05) is 0 Å². The first kappa shape index (κ1) is 11.5. The van der Waals surface area contributed by atoms with Crippen molar-refractivity contribution in [1.29, 1.82) is 0 Å². The maximum Gasteiger partial charge on any atom is 0.569 e. The summed E-state index contributed by atoms with van der Waals surface area (Å²) < 4.78 is 18.2. The third-order valence-corrected chi connectivity index (χ3v) is 1.12. The maximum absolute atomic E-state index is 10.6. The lowest BCUT2D eigenvalue weighted by atomic mass is 11.1. The minimum atomic E-state index is -4.56. The summed E-state index contributed by atoms with van der Waals surface area (Å²) in [5.74, 6) is -0.586. The molecule has 0 saturated heterocycles. The maximum atomic E-state index is 10.6.